The van der Waals surface area contributed by atoms with Gasteiger partial charge in [-0.05, 0) is 30.2 Å². The number of carboxylic acid groups (broad SMARTS) is 1. The van der Waals surface area contributed by atoms with Crippen molar-refractivity contribution in [1.29, 1.82) is 0 Å². The molecule has 0 fully saturated rings. The maximum Gasteiger partial charge on any atom is 0.416 e. The van der Waals surface area contributed by atoms with Gasteiger partial charge in [0.05, 0.1) is 5.56 Å². The highest BCUT2D eigenvalue weighted by molar-refractivity contribution is 5.95. The first-order valence-corrected chi connectivity index (χ1v) is 7.80. The Bertz CT molecular complexity index is 784. The molecule has 1 amide bonds. The average molecular weight is 370 g/mol. The molecule has 0 aliphatic rings. The van der Waals surface area contributed by atoms with Crippen molar-refractivity contribution in [3.8, 4) is 11.5 Å². The monoisotopic (exact) mass is 370 g/mol. The fraction of sp³-hybridized carbons (Fsp3) is 0.353. The summed E-state index contributed by atoms with van der Waals surface area (Å²) in [6, 6.07) is 3.02. The number of halogens is 3. The molecule has 1 heterocycles. The van der Waals surface area contributed by atoms with Gasteiger partial charge < -0.3 is 14.8 Å². The van der Waals surface area contributed by atoms with Gasteiger partial charge >= 0.3 is 12.1 Å². The molecule has 0 aliphatic heterocycles. The molecule has 2 N–H and O–H groups in total. The van der Waals surface area contributed by atoms with Crippen LogP contribution in [0.2, 0.25) is 0 Å². The van der Waals surface area contributed by atoms with Gasteiger partial charge in [0.15, 0.2) is 5.69 Å². The highest BCUT2D eigenvalue weighted by Gasteiger charge is 2.30. The summed E-state index contributed by atoms with van der Waals surface area (Å²) in [5.41, 5.74) is -0.716. The first kappa shape index (κ1) is 19.5. The van der Waals surface area contributed by atoms with Crippen LogP contribution in [0.3, 0.4) is 0 Å². The number of hydrogen-bond donors (Lipinski definition) is 2. The Morgan fingerprint density at radius 3 is 2.38 bits per heavy atom. The lowest BCUT2D eigenvalue weighted by Gasteiger charge is -2.19. The second-order valence-corrected chi connectivity index (χ2v) is 5.79. The molecule has 0 bridgehead atoms. The van der Waals surface area contributed by atoms with E-state index < -0.39 is 29.7 Å². The van der Waals surface area contributed by atoms with Gasteiger partial charge in [0.25, 0.3) is 5.91 Å². The molecule has 2 atom stereocenters. The van der Waals surface area contributed by atoms with Gasteiger partial charge in [0.1, 0.15) is 12.3 Å². The molecule has 1 aromatic carbocycles. The van der Waals surface area contributed by atoms with E-state index in [2.05, 4.69) is 10.3 Å². The number of benzene rings is 1. The van der Waals surface area contributed by atoms with Crippen molar-refractivity contribution in [2.75, 3.05) is 0 Å². The SMILES string of the molecule is CCC(C)C(NC(=O)c1coc(-c2ccc(C(F)(F)F)cc2)n1)C(=O)O. The predicted molar refractivity (Wildman–Crippen MR) is 85.3 cm³/mol. The summed E-state index contributed by atoms with van der Waals surface area (Å²) in [5.74, 6) is -2.24. The van der Waals surface area contributed by atoms with E-state index in [9.17, 15) is 27.9 Å². The number of rotatable bonds is 6. The number of carbonyl (C=O) groups excluding carboxylic acids is 1. The van der Waals surface area contributed by atoms with Crippen molar-refractivity contribution >= 4 is 11.9 Å². The number of hydrogen-bond acceptors (Lipinski definition) is 4. The zero-order valence-electron chi connectivity index (χ0n) is 14.0. The van der Waals surface area contributed by atoms with Crippen LogP contribution in [0.4, 0.5) is 13.2 Å². The number of nitrogens with one attached hydrogen (secondary N) is 1. The maximum absolute atomic E-state index is 12.6. The minimum absolute atomic E-state index is 0.0423. The minimum atomic E-state index is -4.46. The number of carboxylic acids is 1. The van der Waals surface area contributed by atoms with Crippen LogP contribution in [0.5, 0.6) is 0 Å². The third-order valence-electron chi connectivity index (χ3n) is 3.96. The second-order valence-electron chi connectivity index (χ2n) is 5.79. The minimum Gasteiger partial charge on any atom is -0.480 e. The molecule has 2 unspecified atom stereocenters. The number of aliphatic carboxylic acids is 1. The van der Waals surface area contributed by atoms with Crippen molar-refractivity contribution in [2.24, 2.45) is 5.92 Å². The summed E-state index contributed by atoms with van der Waals surface area (Å²) in [7, 11) is 0. The molecule has 0 spiro atoms. The van der Waals surface area contributed by atoms with Crippen LogP contribution in [0.15, 0.2) is 34.9 Å². The summed E-state index contributed by atoms with van der Waals surface area (Å²) >= 11 is 0. The normalized spacial score (nSPS) is 13.9. The van der Waals surface area contributed by atoms with Gasteiger partial charge in [0.2, 0.25) is 5.89 Å². The first-order chi connectivity index (χ1) is 12.1. The second kappa shape index (κ2) is 7.59. The quantitative estimate of drug-likeness (QED) is 0.811. The van der Waals surface area contributed by atoms with Gasteiger partial charge in [0, 0.05) is 5.56 Å². The highest BCUT2D eigenvalue weighted by atomic mass is 19.4. The van der Waals surface area contributed by atoms with Crippen LogP contribution in [0.25, 0.3) is 11.5 Å². The summed E-state index contributed by atoms with van der Waals surface area (Å²) in [6.07, 6.45) is -2.88. The van der Waals surface area contributed by atoms with E-state index in [1.165, 1.54) is 12.1 Å². The van der Waals surface area contributed by atoms with Crippen LogP contribution in [0, 0.1) is 5.92 Å². The largest absolute Gasteiger partial charge is 0.480 e. The molecule has 0 saturated heterocycles. The van der Waals surface area contributed by atoms with E-state index in [4.69, 9.17) is 4.42 Å². The molecule has 6 nitrogen and oxygen atoms in total. The number of amides is 1. The van der Waals surface area contributed by atoms with Crippen LogP contribution in [-0.4, -0.2) is 28.0 Å². The predicted octanol–water partition coefficient (Wildman–Crippen LogP) is 3.59. The van der Waals surface area contributed by atoms with Gasteiger partial charge in [-0.25, -0.2) is 9.78 Å². The van der Waals surface area contributed by atoms with Crippen molar-refractivity contribution in [3.63, 3.8) is 0 Å². The Morgan fingerprint density at radius 2 is 1.88 bits per heavy atom. The Morgan fingerprint density at radius 1 is 1.27 bits per heavy atom. The van der Waals surface area contributed by atoms with Crippen molar-refractivity contribution in [1.82, 2.24) is 10.3 Å². The molecule has 0 aliphatic carbocycles. The van der Waals surface area contributed by atoms with Gasteiger partial charge in [-0.1, -0.05) is 20.3 Å². The van der Waals surface area contributed by atoms with Crippen LogP contribution >= 0.6 is 0 Å². The molecule has 0 radical (unpaired) electrons. The molecular formula is C17H17F3N2O4. The molecular weight excluding hydrogens is 353 g/mol. The maximum atomic E-state index is 12.6. The number of alkyl halides is 3. The average Bonchev–Trinajstić information content (AvgIpc) is 3.08. The van der Waals surface area contributed by atoms with Gasteiger partial charge in [-0.15, -0.1) is 0 Å². The number of nitrogens with zero attached hydrogens (tertiary/aromatic N) is 1. The summed E-state index contributed by atoms with van der Waals surface area (Å²) in [4.78, 5) is 27.3. The summed E-state index contributed by atoms with van der Waals surface area (Å²) < 4.78 is 42.8. The summed E-state index contributed by atoms with van der Waals surface area (Å²) in [5, 5.41) is 11.6. The molecule has 26 heavy (non-hydrogen) atoms. The molecule has 1 aromatic heterocycles. The summed E-state index contributed by atoms with van der Waals surface area (Å²) in [6.45, 7) is 3.49. The number of oxazole rings is 1. The van der Waals surface area contributed by atoms with E-state index >= 15 is 0 Å². The molecule has 2 aromatic rings. The fourth-order valence-corrected chi connectivity index (χ4v) is 2.21. The van der Waals surface area contributed by atoms with Gasteiger partial charge in [-0.2, -0.15) is 13.2 Å². The number of aromatic nitrogens is 1. The Labute approximate surface area is 147 Å². The third-order valence-corrected chi connectivity index (χ3v) is 3.96. The molecule has 2 rings (SSSR count). The van der Waals surface area contributed by atoms with E-state index in [1.54, 1.807) is 13.8 Å². The standard InChI is InChI=1S/C17H17F3N2O4/c1-3-9(2)13(16(24)25)22-14(23)12-8-26-15(21-12)10-4-6-11(7-5-10)17(18,19)20/h4-9,13H,3H2,1-2H3,(H,22,23)(H,24,25). The zero-order chi connectivity index (χ0) is 19.5. The Kier molecular flexibility index (Phi) is 5.69. The third kappa shape index (κ3) is 4.41. The topological polar surface area (TPSA) is 92.4 Å². The van der Waals surface area contributed by atoms with Crippen molar-refractivity contribution < 1.29 is 32.3 Å². The number of carbonyl (C=O) groups is 2. The molecule has 0 saturated carbocycles. The van der Waals surface area contributed by atoms with E-state index in [-0.39, 0.29) is 23.1 Å². The van der Waals surface area contributed by atoms with Crippen molar-refractivity contribution in [2.45, 2.75) is 32.5 Å². The molecule has 140 valence electrons. The zero-order valence-corrected chi connectivity index (χ0v) is 14.0. The lowest BCUT2D eigenvalue weighted by molar-refractivity contribution is -0.140. The first-order valence-electron chi connectivity index (χ1n) is 7.80. The van der Waals surface area contributed by atoms with Crippen LogP contribution in [-0.2, 0) is 11.0 Å². The van der Waals surface area contributed by atoms with E-state index in [1.807, 2.05) is 0 Å². The lowest BCUT2D eigenvalue weighted by Crippen LogP contribution is -2.45. The van der Waals surface area contributed by atoms with E-state index in [0.717, 1.165) is 18.4 Å². The smallest absolute Gasteiger partial charge is 0.416 e. The van der Waals surface area contributed by atoms with Crippen LogP contribution in [0.1, 0.15) is 36.3 Å². The van der Waals surface area contributed by atoms with Gasteiger partial charge in [-0.3, -0.25) is 4.79 Å². The highest BCUT2D eigenvalue weighted by Crippen LogP contribution is 2.30. The fourth-order valence-electron chi connectivity index (χ4n) is 2.21. The lowest BCUT2D eigenvalue weighted by atomic mass is 9.99. The van der Waals surface area contributed by atoms with Crippen molar-refractivity contribution in [3.05, 3.63) is 41.8 Å². The Hall–Kier alpha value is -2.84. The van der Waals surface area contributed by atoms with E-state index in [0.29, 0.717) is 6.42 Å². The van der Waals surface area contributed by atoms with Crippen LogP contribution < -0.4 is 5.32 Å². The Balaban J connectivity index is 2.16. The molecule has 9 heteroatoms.